The van der Waals surface area contributed by atoms with Gasteiger partial charge >= 0.3 is 0 Å². The molecule has 6 nitrogen and oxygen atoms in total. The molecule has 2 saturated carbocycles. The van der Waals surface area contributed by atoms with Crippen molar-refractivity contribution in [2.75, 3.05) is 6.54 Å². The molecule has 2 aliphatic carbocycles. The number of aryl methyl sites for hydroxylation is 1. The van der Waals surface area contributed by atoms with Crippen molar-refractivity contribution in [3.8, 4) is 0 Å². The van der Waals surface area contributed by atoms with Crippen LogP contribution < -0.4 is 0 Å². The number of alkyl halides is 2. The molecular formula is C29H33F3N4O2S2. The molecule has 1 saturated heterocycles. The highest BCUT2D eigenvalue weighted by Gasteiger charge is 2.44. The van der Waals surface area contributed by atoms with Crippen LogP contribution in [0.1, 0.15) is 62.5 Å². The summed E-state index contributed by atoms with van der Waals surface area (Å²) in [5.74, 6) is -3.41. The average molecular weight is 591 g/mol. The Labute approximate surface area is 236 Å². The van der Waals surface area contributed by atoms with E-state index in [1.165, 1.54) is 17.4 Å². The minimum Gasteiger partial charge on any atom is -0.334 e. The van der Waals surface area contributed by atoms with Gasteiger partial charge in [0.25, 0.3) is 0 Å². The Bertz CT molecular complexity index is 1540. The number of carbonyl (C=O) groups excluding carboxylic acids is 1. The molecule has 40 heavy (non-hydrogen) atoms. The summed E-state index contributed by atoms with van der Waals surface area (Å²) in [5, 5.41) is 0. The first-order chi connectivity index (χ1) is 19.1. The number of carbonyl (C=O) groups is 1. The number of nitrogens with zero attached hydrogens (tertiary/aromatic N) is 4. The van der Waals surface area contributed by atoms with Crippen molar-refractivity contribution in [2.45, 2.75) is 93.8 Å². The number of amides is 1. The van der Waals surface area contributed by atoms with Gasteiger partial charge < -0.3 is 4.90 Å². The smallest absolute Gasteiger partial charge is 0.248 e. The van der Waals surface area contributed by atoms with Gasteiger partial charge in [0.15, 0.2) is 0 Å². The number of benzene rings is 2. The zero-order chi connectivity index (χ0) is 28.1. The molecule has 6 rings (SSSR count). The zero-order valence-electron chi connectivity index (χ0n) is 22.4. The van der Waals surface area contributed by atoms with E-state index in [2.05, 4.69) is 9.35 Å². The second-order valence-corrected chi connectivity index (χ2v) is 14.3. The van der Waals surface area contributed by atoms with E-state index in [1.54, 1.807) is 33.8 Å². The number of hydrogen-bond donors (Lipinski definition) is 0. The zero-order valence-corrected chi connectivity index (χ0v) is 24.0. The van der Waals surface area contributed by atoms with Crippen molar-refractivity contribution < 1.29 is 22.2 Å². The first kappa shape index (κ1) is 27.7. The lowest BCUT2D eigenvalue weighted by Gasteiger charge is -2.39. The normalized spacial score (nSPS) is 23.2. The van der Waals surface area contributed by atoms with Crippen LogP contribution in [-0.4, -0.2) is 54.9 Å². The van der Waals surface area contributed by atoms with Crippen molar-refractivity contribution >= 4 is 37.4 Å². The first-order valence-electron chi connectivity index (χ1n) is 13.9. The fraction of sp³-hybridized carbons (Fsp3) is 0.517. The van der Waals surface area contributed by atoms with Crippen LogP contribution in [0.2, 0.25) is 0 Å². The minimum atomic E-state index is -3.25. The molecule has 2 aromatic carbocycles. The van der Waals surface area contributed by atoms with Gasteiger partial charge in [-0.05, 0) is 80.8 Å². The van der Waals surface area contributed by atoms with Crippen LogP contribution in [-0.2, 0) is 21.3 Å². The Morgan fingerprint density at radius 2 is 1.93 bits per heavy atom. The predicted molar refractivity (Wildman–Crippen MR) is 150 cm³/mol. The number of fused-ring (bicyclic) bond motifs is 1. The molecule has 2 atom stereocenters. The van der Waals surface area contributed by atoms with E-state index >= 15 is 0 Å². The highest BCUT2D eigenvalue weighted by atomic mass is 32.2. The van der Waals surface area contributed by atoms with Gasteiger partial charge in [-0.1, -0.05) is 12.1 Å². The Balaban J connectivity index is 1.35. The summed E-state index contributed by atoms with van der Waals surface area (Å²) in [6.45, 7) is 2.30. The molecule has 3 aliphatic rings. The van der Waals surface area contributed by atoms with Gasteiger partial charge in [-0.3, -0.25) is 4.79 Å². The third kappa shape index (κ3) is 5.52. The first-order valence-corrected chi connectivity index (χ1v) is 16.3. The van der Waals surface area contributed by atoms with Crippen LogP contribution in [0.15, 0.2) is 51.2 Å². The van der Waals surface area contributed by atoms with E-state index in [0.717, 1.165) is 28.6 Å². The van der Waals surface area contributed by atoms with Crippen LogP contribution in [0.3, 0.4) is 0 Å². The monoisotopic (exact) mass is 590 g/mol. The van der Waals surface area contributed by atoms with Gasteiger partial charge in [0.1, 0.15) is 21.8 Å². The summed E-state index contributed by atoms with van der Waals surface area (Å²) in [7, 11) is -3.25. The van der Waals surface area contributed by atoms with E-state index in [1.807, 2.05) is 18.2 Å². The molecule has 2 heterocycles. The number of rotatable bonds is 7. The Morgan fingerprint density at radius 3 is 2.65 bits per heavy atom. The van der Waals surface area contributed by atoms with E-state index in [4.69, 9.17) is 0 Å². The van der Waals surface area contributed by atoms with Crippen LogP contribution in [0, 0.1) is 12.7 Å². The maximum atomic E-state index is 14.7. The molecule has 0 bridgehead atoms. The number of aromatic nitrogens is 1. The van der Waals surface area contributed by atoms with Gasteiger partial charge in [0.05, 0.1) is 26.7 Å². The molecule has 214 valence electrons. The Morgan fingerprint density at radius 1 is 1.15 bits per heavy atom. The third-order valence-corrected chi connectivity index (χ3v) is 11.6. The van der Waals surface area contributed by atoms with E-state index in [9.17, 15) is 22.2 Å². The van der Waals surface area contributed by atoms with Crippen LogP contribution in [0.5, 0.6) is 0 Å². The van der Waals surface area contributed by atoms with Crippen LogP contribution in [0.4, 0.5) is 13.2 Å². The summed E-state index contributed by atoms with van der Waals surface area (Å²) in [6, 6.07) is 9.23. The van der Waals surface area contributed by atoms with Crippen LogP contribution >= 0.6 is 11.3 Å². The molecule has 0 spiro atoms. The predicted octanol–water partition coefficient (Wildman–Crippen LogP) is 6.72. The average Bonchev–Trinajstić information content (AvgIpc) is 3.38. The summed E-state index contributed by atoms with van der Waals surface area (Å²) >= 11 is 1.53. The number of halogens is 3. The Hall–Kier alpha value is -2.50. The lowest BCUT2D eigenvalue weighted by Crippen LogP contribution is -2.52. The molecule has 3 aromatic rings. The second kappa shape index (κ2) is 10.7. The molecule has 0 radical (unpaired) electrons. The maximum Gasteiger partial charge on any atom is 0.248 e. The topological polar surface area (TPSA) is 65.9 Å². The van der Waals surface area contributed by atoms with E-state index < -0.39 is 27.7 Å². The van der Waals surface area contributed by atoms with Crippen molar-refractivity contribution in [2.24, 2.45) is 4.36 Å². The standard InChI is InChI=1S/C29H33F3N4O2S2/c1-19-4-8-23(16-24(19)30)40(38,34-21-6-7-21)36-14-2-3-26(36)28(37)35(22-10-12-29(31,32)13-11-22)17-20-5-9-27-25(15-20)33-18-39-27/h4-5,8-9,15-16,18,21-22,26H,2-3,6-7,10-14,17H2,1H3/t26-,40?/m0/s1. The third-order valence-electron chi connectivity index (χ3n) is 8.25. The summed E-state index contributed by atoms with van der Waals surface area (Å²) in [4.78, 5) is 20.8. The summed E-state index contributed by atoms with van der Waals surface area (Å²) in [5.41, 5.74) is 3.92. The fourth-order valence-corrected chi connectivity index (χ4v) is 8.98. The fourth-order valence-electron chi connectivity index (χ4n) is 5.77. The largest absolute Gasteiger partial charge is 0.334 e. The lowest BCUT2D eigenvalue weighted by molar-refractivity contribution is -0.141. The van der Waals surface area contributed by atoms with Crippen molar-refractivity contribution in [3.63, 3.8) is 0 Å². The SMILES string of the molecule is Cc1ccc(S(=O)(=NC2CC2)N2CCC[C@H]2C(=O)N(Cc2ccc3scnc3c2)C2CCC(F)(F)CC2)cc1F. The maximum absolute atomic E-state index is 14.7. The number of thiazole rings is 1. The summed E-state index contributed by atoms with van der Waals surface area (Å²) < 4.78 is 64.9. The molecular weight excluding hydrogens is 557 g/mol. The highest BCUT2D eigenvalue weighted by molar-refractivity contribution is 7.91. The van der Waals surface area contributed by atoms with Crippen molar-refractivity contribution in [1.29, 1.82) is 0 Å². The molecule has 3 fully saturated rings. The van der Waals surface area contributed by atoms with Crippen LogP contribution in [0.25, 0.3) is 10.2 Å². The molecule has 1 aliphatic heterocycles. The summed E-state index contributed by atoms with van der Waals surface area (Å²) in [6.07, 6.45) is 2.64. The highest BCUT2D eigenvalue weighted by Crippen LogP contribution is 2.38. The van der Waals surface area contributed by atoms with E-state index in [0.29, 0.717) is 24.9 Å². The molecule has 1 amide bonds. The lowest BCUT2D eigenvalue weighted by atomic mass is 9.90. The van der Waals surface area contributed by atoms with E-state index in [-0.39, 0.29) is 55.1 Å². The van der Waals surface area contributed by atoms with Crippen molar-refractivity contribution in [3.05, 3.63) is 58.9 Å². The molecule has 1 aromatic heterocycles. The molecule has 1 unspecified atom stereocenters. The molecule has 0 N–H and O–H groups in total. The number of hydrogen-bond acceptors (Lipinski definition) is 5. The molecule has 11 heteroatoms. The van der Waals surface area contributed by atoms with Crippen molar-refractivity contribution in [1.82, 2.24) is 14.2 Å². The Kier molecular flexibility index (Phi) is 7.41. The second-order valence-electron chi connectivity index (χ2n) is 11.3. The van der Waals surface area contributed by atoms with Gasteiger partial charge in [-0.15, -0.1) is 11.3 Å². The van der Waals surface area contributed by atoms with Gasteiger partial charge in [-0.2, -0.15) is 0 Å². The van der Waals surface area contributed by atoms with Gasteiger partial charge in [0, 0.05) is 32.0 Å². The minimum absolute atomic E-state index is 0.0743. The van der Waals surface area contributed by atoms with Gasteiger partial charge in [0.2, 0.25) is 11.8 Å². The van der Waals surface area contributed by atoms with Gasteiger partial charge in [-0.25, -0.2) is 31.0 Å². The quantitative estimate of drug-likeness (QED) is 0.307.